The fourth-order valence-corrected chi connectivity index (χ4v) is 5.65. The average molecular weight is 548 g/mol. The molecule has 0 aromatic heterocycles. The summed E-state index contributed by atoms with van der Waals surface area (Å²) in [5.74, 6) is -0.319. The molecule has 2 aromatic rings. The smallest absolute Gasteiger partial charge is 0.276 e. The summed E-state index contributed by atoms with van der Waals surface area (Å²) >= 11 is 0. The first-order chi connectivity index (χ1) is 18.1. The van der Waals surface area contributed by atoms with E-state index in [1.54, 1.807) is 42.6 Å². The van der Waals surface area contributed by atoms with Gasteiger partial charge >= 0.3 is 0 Å². The van der Waals surface area contributed by atoms with E-state index in [0.717, 1.165) is 17.1 Å². The number of aryl methyl sites for hydroxylation is 2. The third-order valence-corrected chi connectivity index (χ3v) is 8.41. The third-order valence-electron chi connectivity index (χ3n) is 6.64. The molecule has 0 spiro atoms. The predicted octanol–water partition coefficient (Wildman–Crippen LogP) is 4.70. The number of ether oxygens (including phenoxy) is 1. The zero-order chi connectivity index (χ0) is 28.3. The van der Waals surface area contributed by atoms with Gasteiger partial charge in [0.15, 0.2) is 0 Å². The van der Waals surface area contributed by atoms with Crippen LogP contribution in [0.3, 0.4) is 0 Å². The fourth-order valence-electron chi connectivity index (χ4n) is 4.37. The van der Waals surface area contributed by atoms with Crippen LogP contribution in [0.1, 0.15) is 73.4 Å². The van der Waals surface area contributed by atoms with Gasteiger partial charge < -0.3 is 9.64 Å². The molecule has 0 aliphatic rings. The predicted molar refractivity (Wildman–Crippen MR) is 148 cm³/mol. The van der Waals surface area contributed by atoms with E-state index >= 15 is 0 Å². The van der Waals surface area contributed by atoms with Crippen LogP contribution in [0.25, 0.3) is 0 Å². The largest absolute Gasteiger partial charge is 0.497 e. The minimum atomic E-state index is -4.01. The highest BCUT2D eigenvalue weighted by Gasteiger charge is 2.27. The molecule has 0 fully saturated rings. The molecule has 0 radical (unpaired) electrons. The van der Waals surface area contributed by atoms with Gasteiger partial charge in [-0.15, -0.1) is 0 Å². The highest BCUT2D eigenvalue weighted by molar-refractivity contribution is 7.92. The highest BCUT2D eigenvalue weighted by Crippen LogP contribution is 2.31. The van der Waals surface area contributed by atoms with Crippen LogP contribution in [0.15, 0.2) is 41.3 Å². The normalized spacial score (nSPS) is 11.2. The van der Waals surface area contributed by atoms with Crippen molar-refractivity contribution < 1.29 is 28.0 Å². The van der Waals surface area contributed by atoms with Crippen LogP contribution in [0, 0.1) is 6.92 Å². The van der Waals surface area contributed by atoms with Gasteiger partial charge in [0, 0.05) is 27.1 Å². The molecule has 0 heterocycles. The number of carbonyl (C=O) groups excluding carboxylic acids is 2. The molecular weight excluding hydrogens is 506 g/mol. The van der Waals surface area contributed by atoms with Crippen molar-refractivity contribution in [2.45, 2.75) is 70.1 Å². The number of rotatable bonds is 15. The molecule has 0 unspecified atom stereocenters. The molecular formula is C28H41N3O6S. The monoisotopic (exact) mass is 547 g/mol. The Hall–Kier alpha value is -3.11. The average Bonchev–Trinajstić information content (AvgIpc) is 2.92. The van der Waals surface area contributed by atoms with Gasteiger partial charge in [0.25, 0.3) is 15.9 Å². The number of anilines is 1. The van der Waals surface area contributed by atoms with E-state index in [4.69, 9.17) is 4.74 Å². The number of hydrogen-bond acceptors (Lipinski definition) is 6. The first kappa shape index (κ1) is 31.1. The number of amides is 2. The maximum Gasteiger partial charge on any atom is 0.276 e. The number of hydrogen-bond donors (Lipinski definition) is 2. The van der Waals surface area contributed by atoms with Crippen molar-refractivity contribution in [1.82, 2.24) is 10.4 Å². The molecule has 0 bridgehead atoms. The molecule has 10 heteroatoms. The number of sulfonamides is 1. The van der Waals surface area contributed by atoms with Crippen molar-refractivity contribution in [3.8, 4) is 5.75 Å². The van der Waals surface area contributed by atoms with E-state index in [-0.39, 0.29) is 28.5 Å². The van der Waals surface area contributed by atoms with Crippen LogP contribution >= 0.6 is 0 Å². The van der Waals surface area contributed by atoms with E-state index < -0.39 is 15.9 Å². The maximum atomic E-state index is 13.3. The van der Waals surface area contributed by atoms with Crippen LogP contribution in [0.4, 0.5) is 5.69 Å². The first-order valence-electron chi connectivity index (χ1n) is 13.0. The number of unbranched alkanes of at least 4 members (excludes halogenated alkanes) is 5. The first-order valence-corrected chi connectivity index (χ1v) is 14.5. The second kappa shape index (κ2) is 14.7. The van der Waals surface area contributed by atoms with Crippen LogP contribution in [0.2, 0.25) is 0 Å². The number of benzene rings is 2. The van der Waals surface area contributed by atoms with Crippen molar-refractivity contribution in [1.29, 1.82) is 0 Å². The quantitative estimate of drug-likeness (QED) is 0.190. The lowest BCUT2D eigenvalue weighted by molar-refractivity contribution is -0.129. The summed E-state index contributed by atoms with van der Waals surface area (Å²) < 4.78 is 32.8. The van der Waals surface area contributed by atoms with Gasteiger partial charge in [-0.3, -0.25) is 19.1 Å². The molecule has 2 rings (SSSR count). The van der Waals surface area contributed by atoms with Crippen molar-refractivity contribution in [2.75, 3.05) is 32.1 Å². The van der Waals surface area contributed by atoms with Crippen molar-refractivity contribution >= 4 is 27.5 Å². The summed E-state index contributed by atoms with van der Waals surface area (Å²) in [7, 11) is 0.628. The summed E-state index contributed by atoms with van der Waals surface area (Å²) in [4.78, 5) is 27.0. The topological polar surface area (TPSA) is 116 Å². The number of nitrogens with one attached hydrogen (secondary N) is 1. The van der Waals surface area contributed by atoms with E-state index in [9.17, 15) is 23.2 Å². The molecule has 0 saturated heterocycles. The zero-order valence-electron chi connectivity index (χ0n) is 23.1. The molecule has 0 aliphatic heterocycles. The van der Waals surface area contributed by atoms with Gasteiger partial charge in [0.2, 0.25) is 5.91 Å². The van der Waals surface area contributed by atoms with Gasteiger partial charge in [-0.25, -0.2) is 13.9 Å². The summed E-state index contributed by atoms with van der Waals surface area (Å²) in [6, 6.07) is 9.22. The van der Waals surface area contributed by atoms with Gasteiger partial charge in [0.05, 0.1) is 23.3 Å². The van der Waals surface area contributed by atoms with Crippen LogP contribution in [0.5, 0.6) is 5.75 Å². The third kappa shape index (κ3) is 8.19. The number of carbonyl (C=O) groups is 2. The van der Waals surface area contributed by atoms with Crippen molar-refractivity contribution in [2.24, 2.45) is 0 Å². The van der Waals surface area contributed by atoms with Crippen LogP contribution in [-0.2, 0) is 21.2 Å². The summed E-state index contributed by atoms with van der Waals surface area (Å²) in [5.41, 5.74) is 2.96. The second-order valence-electron chi connectivity index (χ2n) is 9.48. The number of hydroxylamine groups is 1. The second-order valence-corrected chi connectivity index (χ2v) is 11.5. The van der Waals surface area contributed by atoms with Crippen LogP contribution < -0.4 is 14.5 Å². The van der Waals surface area contributed by atoms with Crippen molar-refractivity contribution in [3.63, 3.8) is 0 Å². The molecule has 0 atom stereocenters. The summed E-state index contributed by atoms with van der Waals surface area (Å²) in [5, 5.41) is 9.35. The number of nitrogens with zero attached hydrogens (tertiary/aromatic N) is 2. The molecule has 38 heavy (non-hydrogen) atoms. The minimum Gasteiger partial charge on any atom is -0.497 e. The minimum absolute atomic E-state index is 0.00466. The molecule has 2 aromatic carbocycles. The Bertz CT molecular complexity index is 1180. The molecule has 210 valence electrons. The molecule has 2 N–H and O–H groups in total. The summed E-state index contributed by atoms with van der Waals surface area (Å²) in [6.45, 7) is 4.58. The standard InChI is InChI=1S/C28H41N3O6S/c1-6-7-8-9-10-11-18-30(3)26(32)17-12-22-19-21(2)27(25(20-22)28(33)29-34)31(4)38(35,36)24-15-13-23(37-5)14-16-24/h13-16,19-20,34H,6-12,17-18H2,1-5H3,(H,29,33). The lowest BCUT2D eigenvalue weighted by Gasteiger charge is -2.25. The Morgan fingerprint density at radius 1 is 1.00 bits per heavy atom. The van der Waals surface area contributed by atoms with E-state index in [1.165, 1.54) is 58.0 Å². The zero-order valence-corrected chi connectivity index (χ0v) is 23.9. The Morgan fingerprint density at radius 3 is 2.24 bits per heavy atom. The van der Waals surface area contributed by atoms with Gasteiger partial charge in [0.1, 0.15) is 5.75 Å². The Labute approximate surface area is 226 Å². The Morgan fingerprint density at radius 2 is 1.63 bits per heavy atom. The van der Waals surface area contributed by atoms with E-state index in [0.29, 0.717) is 29.8 Å². The maximum absolute atomic E-state index is 13.3. The van der Waals surface area contributed by atoms with Crippen LogP contribution in [-0.4, -0.2) is 58.1 Å². The lowest BCUT2D eigenvalue weighted by Crippen LogP contribution is -2.31. The Balaban J connectivity index is 2.18. The van der Waals surface area contributed by atoms with E-state index in [2.05, 4.69) is 6.92 Å². The summed E-state index contributed by atoms with van der Waals surface area (Å²) in [6.07, 6.45) is 7.55. The van der Waals surface area contributed by atoms with E-state index in [1.807, 2.05) is 0 Å². The molecule has 0 saturated carbocycles. The molecule has 0 aliphatic carbocycles. The van der Waals surface area contributed by atoms with Gasteiger partial charge in [-0.05, 0) is 61.2 Å². The molecule has 9 nitrogen and oxygen atoms in total. The highest BCUT2D eigenvalue weighted by atomic mass is 32.2. The van der Waals surface area contributed by atoms with Crippen molar-refractivity contribution in [3.05, 3.63) is 53.1 Å². The van der Waals surface area contributed by atoms with Gasteiger partial charge in [-0.1, -0.05) is 45.1 Å². The fraction of sp³-hybridized carbons (Fsp3) is 0.500. The van der Waals surface area contributed by atoms with Gasteiger partial charge in [-0.2, -0.15) is 0 Å². The Kier molecular flexibility index (Phi) is 12.1. The SMILES string of the molecule is CCCCCCCCN(C)C(=O)CCc1cc(C)c(N(C)S(=O)(=O)c2ccc(OC)cc2)c(C(=O)NO)c1. The molecule has 2 amide bonds. The number of methoxy groups -OCH3 is 1. The lowest BCUT2D eigenvalue weighted by atomic mass is 9.99.